The molecule has 1 aromatic heterocycles. The molecule has 0 aliphatic carbocycles. The van der Waals surface area contributed by atoms with Crippen LogP contribution in [0.25, 0.3) is 0 Å². The number of nitrogens with zero attached hydrogens (tertiary/aromatic N) is 1. The molecule has 1 aliphatic rings. The molecule has 0 aromatic carbocycles. The molecule has 20 heavy (non-hydrogen) atoms. The van der Waals surface area contributed by atoms with Gasteiger partial charge < -0.3 is 14.8 Å². The van der Waals surface area contributed by atoms with Gasteiger partial charge in [0.15, 0.2) is 0 Å². The Hall–Kier alpha value is -0.840. The van der Waals surface area contributed by atoms with Gasteiger partial charge in [0.1, 0.15) is 0 Å². The van der Waals surface area contributed by atoms with Crippen LogP contribution in [0.1, 0.15) is 32.8 Å². The lowest BCUT2D eigenvalue weighted by Crippen LogP contribution is -2.35. The van der Waals surface area contributed by atoms with Crippen molar-refractivity contribution < 1.29 is 9.47 Å². The number of rotatable bonds is 5. The zero-order chi connectivity index (χ0) is 14.6. The molecule has 1 saturated heterocycles. The molecule has 1 unspecified atom stereocenters. The highest BCUT2D eigenvalue weighted by Gasteiger charge is 2.17. The summed E-state index contributed by atoms with van der Waals surface area (Å²) in [6, 6.07) is 1.91. The number of pyridine rings is 1. The van der Waals surface area contributed by atoms with Crippen molar-refractivity contribution >= 4 is 11.6 Å². The van der Waals surface area contributed by atoms with Gasteiger partial charge in [-0.25, -0.2) is 4.98 Å². The molecule has 0 spiro atoms. The van der Waals surface area contributed by atoms with Gasteiger partial charge in [-0.2, -0.15) is 0 Å². The molecule has 1 atom stereocenters. The topological polar surface area (TPSA) is 43.4 Å². The average molecular weight is 299 g/mol. The highest BCUT2D eigenvalue weighted by atomic mass is 35.5. The number of aromatic nitrogens is 1. The Morgan fingerprint density at radius 1 is 1.50 bits per heavy atom. The summed E-state index contributed by atoms with van der Waals surface area (Å²) in [7, 11) is 0. The van der Waals surface area contributed by atoms with E-state index in [1.807, 2.05) is 6.07 Å². The first kappa shape index (κ1) is 15.5. The maximum Gasteiger partial charge on any atom is 0.213 e. The Morgan fingerprint density at radius 2 is 2.30 bits per heavy atom. The maximum atomic E-state index is 6.17. The van der Waals surface area contributed by atoms with Crippen molar-refractivity contribution in [3.05, 3.63) is 22.8 Å². The molecule has 0 amide bonds. The van der Waals surface area contributed by atoms with Crippen LogP contribution in [0, 0.1) is 5.92 Å². The monoisotopic (exact) mass is 298 g/mol. The highest BCUT2D eigenvalue weighted by molar-refractivity contribution is 6.31. The van der Waals surface area contributed by atoms with Gasteiger partial charge in [-0.05, 0) is 32.8 Å². The largest absolute Gasteiger partial charge is 0.477 e. The van der Waals surface area contributed by atoms with Crippen LogP contribution in [0.2, 0.25) is 5.02 Å². The van der Waals surface area contributed by atoms with Gasteiger partial charge in [-0.3, -0.25) is 0 Å². The first-order chi connectivity index (χ1) is 9.44. The molecule has 2 heterocycles. The molecule has 1 aromatic rings. The first-order valence-electron chi connectivity index (χ1n) is 7.04. The molecule has 112 valence electrons. The summed E-state index contributed by atoms with van der Waals surface area (Å²) in [5.41, 5.74) is 1.06. The van der Waals surface area contributed by atoms with E-state index in [-0.39, 0.29) is 5.54 Å². The zero-order valence-electron chi connectivity index (χ0n) is 12.4. The Labute approximate surface area is 125 Å². The summed E-state index contributed by atoms with van der Waals surface area (Å²) >= 11 is 6.17. The summed E-state index contributed by atoms with van der Waals surface area (Å²) in [6.07, 6.45) is 2.72. The molecule has 0 radical (unpaired) electrons. The van der Waals surface area contributed by atoms with Gasteiger partial charge >= 0.3 is 0 Å². The van der Waals surface area contributed by atoms with E-state index in [1.54, 1.807) is 6.20 Å². The molecule has 1 N–H and O–H groups in total. The van der Waals surface area contributed by atoms with Crippen molar-refractivity contribution in [1.29, 1.82) is 0 Å². The number of ether oxygens (including phenoxy) is 2. The lowest BCUT2D eigenvalue weighted by Gasteiger charge is -2.21. The van der Waals surface area contributed by atoms with E-state index >= 15 is 0 Å². The predicted molar refractivity (Wildman–Crippen MR) is 80.3 cm³/mol. The fourth-order valence-electron chi connectivity index (χ4n) is 1.95. The molecule has 0 saturated carbocycles. The molecule has 5 heteroatoms. The van der Waals surface area contributed by atoms with Crippen LogP contribution in [0.3, 0.4) is 0 Å². The standard InChI is InChI=1S/C15H23ClN2O2/c1-15(2,3)18-7-12-6-14(17-8-13(12)16)20-10-11-4-5-19-9-11/h6,8,11,18H,4-5,7,9-10H2,1-3H3. The van der Waals surface area contributed by atoms with Crippen LogP contribution in [0.5, 0.6) is 5.88 Å². The molecule has 1 aliphatic heterocycles. The summed E-state index contributed by atoms with van der Waals surface area (Å²) in [5.74, 6) is 1.11. The highest BCUT2D eigenvalue weighted by Crippen LogP contribution is 2.21. The minimum atomic E-state index is 0.0504. The van der Waals surface area contributed by atoms with E-state index in [4.69, 9.17) is 21.1 Å². The number of hydrogen-bond acceptors (Lipinski definition) is 4. The second kappa shape index (κ2) is 6.74. The molecular weight excluding hydrogens is 276 g/mol. The summed E-state index contributed by atoms with van der Waals surface area (Å²) in [5, 5.41) is 4.08. The zero-order valence-corrected chi connectivity index (χ0v) is 13.2. The lowest BCUT2D eigenvalue weighted by molar-refractivity contribution is 0.165. The maximum absolute atomic E-state index is 6.17. The van der Waals surface area contributed by atoms with Crippen LogP contribution in [-0.4, -0.2) is 30.3 Å². The van der Waals surface area contributed by atoms with Crippen LogP contribution in [0.4, 0.5) is 0 Å². The van der Waals surface area contributed by atoms with Crippen molar-refractivity contribution in [3.8, 4) is 5.88 Å². The van der Waals surface area contributed by atoms with E-state index in [2.05, 4.69) is 31.1 Å². The lowest BCUT2D eigenvalue weighted by atomic mass is 10.1. The normalized spacial score (nSPS) is 19.3. The molecule has 2 rings (SSSR count). The average Bonchev–Trinajstić information content (AvgIpc) is 2.88. The number of halogens is 1. The van der Waals surface area contributed by atoms with Crippen molar-refractivity contribution in [2.24, 2.45) is 5.92 Å². The Morgan fingerprint density at radius 3 is 2.95 bits per heavy atom. The first-order valence-corrected chi connectivity index (χ1v) is 7.42. The van der Waals surface area contributed by atoms with Gasteiger partial charge in [0.05, 0.1) is 18.2 Å². The molecule has 1 fully saturated rings. The summed E-state index contributed by atoms with van der Waals surface area (Å²) < 4.78 is 11.1. The third-order valence-corrected chi connectivity index (χ3v) is 3.55. The van der Waals surface area contributed by atoms with Gasteiger partial charge in [0.2, 0.25) is 5.88 Å². The predicted octanol–water partition coefficient (Wildman–Crippen LogP) is 3.04. The quantitative estimate of drug-likeness (QED) is 0.907. The van der Waals surface area contributed by atoms with Gasteiger partial charge in [-0.1, -0.05) is 11.6 Å². The van der Waals surface area contributed by atoms with Crippen LogP contribution < -0.4 is 10.1 Å². The van der Waals surface area contributed by atoms with E-state index < -0.39 is 0 Å². The third kappa shape index (κ3) is 4.93. The smallest absolute Gasteiger partial charge is 0.213 e. The van der Waals surface area contributed by atoms with Crippen LogP contribution in [0.15, 0.2) is 12.3 Å². The third-order valence-electron chi connectivity index (χ3n) is 3.21. The second-order valence-corrected chi connectivity index (χ2v) is 6.67. The Balaban J connectivity index is 1.93. The Kier molecular flexibility index (Phi) is 5.24. The van der Waals surface area contributed by atoms with Gasteiger partial charge in [-0.15, -0.1) is 0 Å². The van der Waals surface area contributed by atoms with Gasteiger partial charge in [0, 0.05) is 36.9 Å². The minimum Gasteiger partial charge on any atom is -0.477 e. The summed E-state index contributed by atoms with van der Waals surface area (Å²) in [4.78, 5) is 4.22. The molecule has 4 nitrogen and oxygen atoms in total. The van der Waals surface area contributed by atoms with Gasteiger partial charge in [0.25, 0.3) is 0 Å². The fraction of sp³-hybridized carbons (Fsp3) is 0.667. The van der Waals surface area contributed by atoms with Crippen molar-refractivity contribution in [2.75, 3.05) is 19.8 Å². The van der Waals surface area contributed by atoms with E-state index in [1.165, 1.54) is 0 Å². The second-order valence-electron chi connectivity index (χ2n) is 6.26. The van der Waals surface area contributed by atoms with Crippen molar-refractivity contribution in [2.45, 2.75) is 39.3 Å². The number of hydrogen-bond donors (Lipinski definition) is 1. The van der Waals surface area contributed by atoms with E-state index in [0.717, 1.165) is 25.2 Å². The van der Waals surface area contributed by atoms with E-state index in [9.17, 15) is 0 Å². The van der Waals surface area contributed by atoms with Crippen molar-refractivity contribution in [3.63, 3.8) is 0 Å². The SMILES string of the molecule is CC(C)(C)NCc1cc(OCC2CCOC2)ncc1Cl. The molecular formula is C15H23ClN2O2. The fourth-order valence-corrected chi connectivity index (χ4v) is 2.12. The van der Waals surface area contributed by atoms with Crippen LogP contribution in [-0.2, 0) is 11.3 Å². The van der Waals surface area contributed by atoms with Crippen LogP contribution >= 0.6 is 11.6 Å². The Bertz CT molecular complexity index is 440. The van der Waals surface area contributed by atoms with E-state index in [0.29, 0.717) is 30.0 Å². The number of nitrogens with one attached hydrogen (secondary N) is 1. The summed E-state index contributed by atoms with van der Waals surface area (Å²) in [6.45, 7) is 9.35. The minimum absolute atomic E-state index is 0.0504. The van der Waals surface area contributed by atoms with Crippen molar-refractivity contribution in [1.82, 2.24) is 10.3 Å². The molecule has 0 bridgehead atoms.